The summed E-state index contributed by atoms with van der Waals surface area (Å²) in [5.74, 6) is 0.778. The highest BCUT2D eigenvalue weighted by molar-refractivity contribution is 7.89. The summed E-state index contributed by atoms with van der Waals surface area (Å²) in [5, 5.41) is 0. The van der Waals surface area contributed by atoms with Crippen molar-refractivity contribution in [2.45, 2.75) is 46.1 Å². The molecule has 1 aliphatic heterocycles. The van der Waals surface area contributed by atoms with E-state index in [1.165, 1.54) is 14.9 Å². The highest BCUT2D eigenvalue weighted by Gasteiger charge is 2.65. The molecule has 0 aromatic carbocycles. The first kappa shape index (κ1) is 19.6. The van der Waals surface area contributed by atoms with Crippen LogP contribution in [0.15, 0.2) is 16.9 Å². The normalized spacial score (nSPS) is 29.9. The molecule has 3 fully saturated rings. The summed E-state index contributed by atoms with van der Waals surface area (Å²) in [6.07, 6.45) is 1.84. The number of aromatic nitrogens is 1. The van der Waals surface area contributed by atoms with Gasteiger partial charge in [0.05, 0.1) is 18.8 Å². The van der Waals surface area contributed by atoms with Gasteiger partial charge in [-0.3, -0.25) is 9.59 Å². The van der Waals surface area contributed by atoms with E-state index < -0.39 is 15.4 Å². The predicted octanol–water partition coefficient (Wildman–Crippen LogP) is 1.48. The summed E-state index contributed by atoms with van der Waals surface area (Å²) >= 11 is 0. The zero-order valence-corrected chi connectivity index (χ0v) is 17.7. The smallest absolute Gasteiger partial charge is 0.254 e. The number of carbonyl (C=O) groups excluding carboxylic acids is 1. The van der Waals surface area contributed by atoms with Gasteiger partial charge in [-0.15, -0.1) is 0 Å². The molecule has 1 aromatic heterocycles. The van der Waals surface area contributed by atoms with Crippen molar-refractivity contribution in [2.24, 2.45) is 23.8 Å². The van der Waals surface area contributed by atoms with Crippen molar-refractivity contribution in [3.63, 3.8) is 0 Å². The summed E-state index contributed by atoms with van der Waals surface area (Å²) < 4.78 is 34.7. The molecule has 2 unspecified atom stereocenters. The van der Waals surface area contributed by atoms with Gasteiger partial charge in [0.1, 0.15) is 17.6 Å². The maximum absolute atomic E-state index is 13.0. The van der Waals surface area contributed by atoms with Crippen molar-refractivity contribution in [3.8, 4) is 5.75 Å². The molecule has 8 heteroatoms. The molecule has 3 aliphatic rings. The van der Waals surface area contributed by atoms with E-state index in [1.54, 1.807) is 13.1 Å². The molecule has 0 radical (unpaired) electrons. The number of hydrogen-bond acceptors (Lipinski definition) is 5. The fourth-order valence-corrected chi connectivity index (χ4v) is 7.48. The minimum Gasteiger partial charge on any atom is -0.487 e. The second kappa shape index (κ2) is 6.16. The van der Waals surface area contributed by atoms with Crippen LogP contribution < -0.4 is 10.3 Å². The van der Waals surface area contributed by atoms with E-state index in [4.69, 9.17) is 4.74 Å². The van der Waals surface area contributed by atoms with Gasteiger partial charge < -0.3 is 9.30 Å². The topological polar surface area (TPSA) is 85.7 Å². The van der Waals surface area contributed by atoms with E-state index in [0.717, 1.165) is 12.1 Å². The Balaban J connectivity index is 1.43. The number of fused-ring (bicyclic) bond motifs is 2. The second-order valence-electron chi connectivity index (χ2n) is 9.21. The molecule has 28 heavy (non-hydrogen) atoms. The lowest BCUT2D eigenvalue weighted by molar-refractivity contribution is -0.128. The maximum atomic E-state index is 13.0. The zero-order valence-electron chi connectivity index (χ0n) is 16.9. The highest BCUT2D eigenvalue weighted by atomic mass is 32.2. The second-order valence-corrected chi connectivity index (χ2v) is 11.2. The van der Waals surface area contributed by atoms with Crippen LogP contribution in [0.4, 0.5) is 0 Å². The Kier molecular flexibility index (Phi) is 4.32. The molecule has 2 atom stereocenters. The van der Waals surface area contributed by atoms with Crippen molar-refractivity contribution >= 4 is 15.8 Å². The lowest BCUT2D eigenvalue weighted by Gasteiger charge is -2.42. The first-order valence-electron chi connectivity index (χ1n) is 9.82. The van der Waals surface area contributed by atoms with Crippen LogP contribution in [0.25, 0.3) is 0 Å². The minimum atomic E-state index is -3.54. The number of rotatable bonds is 5. The lowest BCUT2D eigenvalue weighted by atomic mass is 9.70. The number of carbonyl (C=O) groups is 1. The highest BCUT2D eigenvalue weighted by Crippen LogP contribution is 2.64. The van der Waals surface area contributed by atoms with Crippen LogP contribution in [0.1, 0.15) is 38.8 Å². The summed E-state index contributed by atoms with van der Waals surface area (Å²) in [5.41, 5.74) is -0.385. The number of pyridine rings is 1. The molecule has 2 bridgehead atoms. The van der Waals surface area contributed by atoms with E-state index in [1.807, 2.05) is 20.8 Å². The molecule has 2 saturated carbocycles. The van der Waals surface area contributed by atoms with Crippen molar-refractivity contribution in [1.82, 2.24) is 8.87 Å². The summed E-state index contributed by atoms with van der Waals surface area (Å²) in [4.78, 5) is 24.5. The van der Waals surface area contributed by atoms with Gasteiger partial charge in [0.15, 0.2) is 0 Å². The molecule has 1 aromatic rings. The molecule has 4 rings (SSSR count). The fraction of sp³-hybridized carbons (Fsp3) is 0.700. The van der Waals surface area contributed by atoms with Gasteiger partial charge in [-0.1, -0.05) is 13.8 Å². The average Bonchev–Trinajstić information content (AvgIpc) is 2.89. The van der Waals surface area contributed by atoms with E-state index in [-0.39, 0.29) is 41.7 Å². The molecule has 0 amide bonds. The van der Waals surface area contributed by atoms with Gasteiger partial charge in [-0.25, -0.2) is 8.42 Å². The Morgan fingerprint density at radius 1 is 1.21 bits per heavy atom. The van der Waals surface area contributed by atoms with Crippen molar-refractivity contribution in [2.75, 3.05) is 18.8 Å². The average molecular weight is 409 g/mol. The van der Waals surface area contributed by atoms with Crippen LogP contribution in [0.2, 0.25) is 0 Å². The van der Waals surface area contributed by atoms with Crippen LogP contribution in [0.3, 0.4) is 0 Å². The van der Waals surface area contributed by atoms with Gasteiger partial charge in [-0.2, -0.15) is 4.31 Å². The number of nitrogens with zero attached hydrogens (tertiary/aromatic N) is 2. The Hall–Kier alpha value is -1.67. The summed E-state index contributed by atoms with van der Waals surface area (Å²) in [7, 11) is -1.84. The number of aryl methyl sites for hydroxylation is 1. The summed E-state index contributed by atoms with van der Waals surface area (Å²) in [6, 6.07) is 3.19. The van der Waals surface area contributed by atoms with Gasteiger partial charge in [-0.05, 0) is 37.2 Å². The number of ketones is 1. The Morgan fingerprint density at radius 3 is 2.43 bits per heavy atom. The third-order valence-corrected chi connectivity index (χ3v) is 9.50. The van der Waals surface area contributed by atoms with Crippen molar-refractivity contribution in [1.29, 1.82) is 0 Å². The van der Waals surface area contributed by atoms with Gasteiger partial charge in [0, 0.05) is 30.6 Å². The number of sulfonamides is 1. The van der Waals surface area contributed by atoms with Crippen LogP contribution in [-0.2, 0) is 21.9 Å². The lowest BCUT2D eigenvalue weighted by Crippen LogP contribution is -2.58. The van der Waals surface area contributed by atoms with E-state index >= 15 is 0 Å². The largest absolute Gasteiger partial charge is 0.487 e. The molecule has 154 valence electrons. The molecule has 7 nitrogen and oxygen atoms in total. The van der Waals surface area contributed by atoms with Crippen LogP contribution in [-0.4, -0.2) is 48.0 Å². The van der Waals surface area contributed by atoms with Gasteiger partial charge >= 0.3 is 0 Å². The first-order valence-corrected chi connectivity index (χ1v) is 11.4. The predicted molar refractivity (Wildman–Crippen MR) is 105 cm³/mol. The SMILES string of the molecule is Cc1cc(OC2CN(S(=O)(=O)CC34CCC(CC3=O)C4(C)C)C2)cc(=O)n1C. The van der Waals surface area contributed by atoms with Crippen LogP contribution in [0, 0.1) is 23.7 Å². The van der Waals surface area contributed by atoms with Gasteiger partial charge in [0.2, 0.25) is 10.0 Å². The Morgan fingerprint density at radius 2 is 1.89 bits per heavy atom. The number of hydrogen-bond donors (Lipinski definition) is 0. The van der Waals surface area contributed by atoms with Crippen molar-refractivity contribution in [3.05, 3.63) is 28.2 Å². The minimum absolute atomic E-state index is 0.0972. The van der Waals surface area contributed by atoms with Crippen LogP contribution in [0.5, 0.6) is 5.75 Å². The van der Waals surface area contributed by atoms with Crippen LogP contribution >= 0.6 is 0 Å². The Bertz CT molecular complexity index is 990. The maximum Gasteiger partial charge on any atom is 0.254 e. The molecule has 0 N–H and O–H groups in total. The summed E-state index contributed by atoms with van der Waals surface area (Å²) in [6.45, 7) is 6.42. The first-order chi connectivity index (χ1) is 13.0. The molecular formula is C20H28N2O5S. The monoisotopic (exact) mass is 408 g/mol. The molecule has 0 spiro atoms. The molecular weight excluding hydrogens is 380 g/mol. The van der Waals surface area contributed by atoms with E-state index in [2.05, 4.69) is 0 Å². The standard InChI is InChI=1S/C20H28N2O5S/c1-13-7-15(9-18(24)21(13)4)27-16-10-22(11-16)28(25,26)12-20-6-5-14(8-17(20)23)19(20,2)3/h7,9,14,16H,5-6,8,10-12H2,1-4H3. The van der Waals surface area contributed by atoms with Gasteiger partial charge in [0.25, 0.3) is 5.56 Å². The molecule has 2 heterocycles. The molecule has 2 aliphatic carbocycles. The third-order valence-electron chi connectivity index (χ3n) is 7.56. The quantitative estimate of drug-likeness (QED) is 0.737. The fourth-order valence-electron chi connectivity index (χ4n) is 5.21. The van der Waals surface area contributed by atoms with Crippen molar-refractivity contribution < 1.29 is 17.9 Å². The van der Waals surface area contributed by atoms with E-state index in [0.29, 0.717) is 24.5 Å². The third kappa shape index (κ3) is 2.76. The number of ether oxygens (including phenoxy) is 1. The number of Topliss-reactive ketones (excluding diaryl/α,β-unsaturated/α-hetero) is 1. The Labute approximate surface area is 165 Å². The zero-order chi connectivity index (χ0) is 20.5. The molecule has 1 saturated heterocycles. The van der Waals surface area contributed by atoms with E-state index in [9.17, 15) is 18.0 Å².